The van der Waals surface area contributed by atoms with Crippen LogP contribution >= 0.6 is 0 Å². The molecule has 2 rings (SSSR count). The molecule has 0 bridgehead atoms. The molecule has 2 nitrogen and oxygen atoms in total. The highest BCUT2D eigenvalue weighted by Crippen LogP contribution is 2.28. The third-order valence-corrected chi connectivity index (χ3v) is 3.19. The van der Waals surface area contributed by atoms with Crippen LogP contribution in [0.5, 0.6) is 0 Å². The largest absolute Gasteiger partial charge is 0.322 e. The number of hydrogen-bond acceptors (Lipinski definition) is 1. The number of rotatable bonds is 3. The Kier molecular flexibility index (Phi) is 4.59. The third kappa shape index (κ3) is 4.32. The molecule has 0 spiro atoms. The van der Waals surface area contributed by atoms with Crippen LogP contribution in [0, 0.1) is 5.41 Å². The molecule has 108 valence electrons. The number of carbonyl (C=O) groups excluding carboxylic acids is 1. The molecule has 0 radical (unpaired) electrons. The van der Waals surface area contributed by atoms with E-state index >= 15 is 0 Å². The van der Waals surface area contributed by atoms with E-state index in [0.29, 0.717) is 0 Å². The van der Waals surface area contributed by atoms with Gasteiger partial charge >= 0.3 is 0 Å². The molecule has 0 saturated carbocycles. The Labute approximate surface area is 126 Å². The van der Waals surface area contributed by atoms with Crippen molar-refractivity contribution in [1.29, 1.82) is 0 Å². The van der Waals surface area contributed by atoms with Crippen molar-refractivity contribution in [3.63, 3.8) is 0 Å². The molecule has 0 aromatic heterocycles. The first-order chi connectivity index (χ1) is 9.97. The van der Waals surface area contributed by atoms with Gasteiger partial charge in [0.15, 0.2) is 0 Å². The fourth-order valence-corrected chi connectivity index (χ4v) is 2.06. The zero-order chi connectivity index (χ0) is 15.3. The molecule has 0 aliphatic carbocycles. The van der Waals surface area contributed by atoms with Crippen molar-refractivity contribution in [1.82, 2.24) is 0 Å². The van der Waals surface area contributed by atoms with Crippen LogP contribution in [0.4, 0.5) is 5.69 Å². The summed E-state index contributed by atoms with van der Waals surface area (Å²) in [6.07, 6.45) is 1.96. The van der Waals surface area contributed by atoms with Gasteiger partial charge in [-0.15, -0.1) is 0 Å². The topological polar surface area (TPSA) is 29.1 Å². The minimum absolute atomic E-state index is 0.0578. The van der Waals surface area contributed by atoms with E-state index in [9.17, 15) is 4.79 Å². The van der Waals surface area contributed by atoms with Crippen molar-refractivity contribution >= 4 is 17.7 Å². The van der Waals surface area contributed by atoms with Crippen molar-refractivity contribution < 1.29 is 4.79 Å². The van der Waals surface area contributed by atoms with Crippen molar-refractivity contribution in [2.24, 2.45) is 5.41 Å². The molecule has 0 aliphatic rings. The van der Waals surface area contributed by atoms with Gasteiger partial charge in [-0.25, -0.2) is 0 Å². The van der Waals surface area contributed by atoms with E-state index in [1.807, 2.05) is 87.5 Å². The number of para-hydroxylation sites is 1. The second-order valence-corrected chi connectivity index (χ2v) is 6.04. The van der Waals surface area contributed by atoms with Gasteiger partial charge in [0.2, 0.25) is 0 Å². The highest BCUT2D eigenvalue weighted by atomic mass is 16.1. The fraction of sp³-hybridized carbons (Fsp3) is 0.211. The van der Waals surface area contributed by atoms with Crippen LogP contribution in [0.15, 0.2) is 66.2 Å². The van der Waals surface area contributed by atoms with Crippen molar-refractivity contribution in [3.8, 4) is 0 Å². The summed E-state index contributed by atoms with van der Waals surface area (Å²) in [5.74, 6) is -0.0578. The Morgan fingerprint density at radius 2 is 1.43 bits per heavy atom. The van der Waals surface area contributed by atoms with Gasteiger partial charge in [-0.2, -0.15) is 0 Å². The van der Waals surface area contributed by atoms with Crippen LogP contribution < -0.4 is 5.32 Å². The predicted molar refractivity (Wildman–Crippen MR) is 88.9 cm³/mol. The Balaban J connectivity index is 2.29. The van der Waals surface area contributed by atoms with Crippen LogP contribution in [0.1, 0.15) is 26.3 Å². The van der Waals surface area contributed by atoms with Gasteiger partial charge in [-0.1, -0.05) is 69.3 Å². The Hall–Kier alpha value is -2.35. The lowest BCUT2D eigenvalue weighted by Gasteiger charge is -2.22. The number of hydrogen-bond donors (Lipinski definition) is 1. The van der Waals surface area contributed by atoms with Crippen molar-refractivity contribution in [2.45, 2.75) is 20.8 Å². The number of anilines is 1. The Morgan fingerprint density at radius 1 is 0.905 bits per heavy atom. The molecule has 0 fully saturated rings. The number of nitrogens with one attached hydrogen (secondary N) is 1. The second kappa shape index (κ2) is 6.40. The second-order valence-electron chi connectivity index (χ2n) is 6.04. The number of carbonyl (C=O) groups is 1. The molecule has 2 heteroatoms. The van der Waals surface area contributed by atoms with Gasteiger partial charge in [0.25, 0.3) is 5.91 Å². The predicted octanol–water partition coefficient (Wildman–Crippen LogP) is 4.75. The minimum Gasteiger partial charge on any atom is -0.322 e. The summed E-state index contributed by atoms with van der Waals surface area (Å²) in [5.41, 5.74) is 2.38. The van der Waals surface area contributed by atoms with Crippen LogP contribution in [0.25, 0.3) is 6.08 Å². The van der Waals surface area contributed by atoms with E-state index in [4.69, 9.17) is 0 Å². The molecule has 0 heterocycles. The Bertz CT molecular complexity index is 622. The van der Waals surface area contributed by atoms with Crippen LogP contribution in [-0.2, 0) is 4.79 Å². The number of amides is 1. The van der Waals surface area contributed by atoms with E-state index in [2.05, 4.69) is 5.32 Å². The summed E-state index contributed by atoms with van der Waals surface area (Å²) in [6.45, 7) is 6.14. The van der Waals surface area contributed by atoms with Gasteiger partial charge < -0.3 is 5.32 Å². The van der Waals surface area contributed by atoms with E-state index < -0.39 is 0 Å². The van der Waals surface area contributed by atoms with Gasteiger partial charge in [0, 0.05) is 11.3 Å². The quantitative estimate of drug-likeness (QED) is 0.807. The van der Waals surface area contributed by atoms with Crippen molar-refractivity contribution in [3.05, 3.63) is 71.8 Å². The molecular weight excluding hydrogens is 258 g/mol. The molecular formula is C19H21NO. The summed E-state index contributed by atoms with van der Waals surface area (Å²) in [7, 11) is 0. The van der Waals surface area contributed by atoms with E-state index in [1.165, 1.54) is 0 Å². The molecule has 0 unspecified atom stereocenters. The smallest absolute Gasteiger partial charge is 0.252 e. The van der Waals surface area contributed by atoms with Crippen molar-refractivity contribution in [2.75, 3.05) is 5.32 Å². The van der Waals surface area contributed by atoms with Gasteiger partial charge in [0.1, 0.15) is 0 Å². The third-order valence-electron chi connectivity index (χ3n) is 3.19. The van der Waals surface area contributed by atoms with Gasteiger partial charge in [-0.05, 0) is 29.2 Å². The highest BCUT2D eigenvalue weighted by molar-refractivity contribution is 6.07. The Morgan fingerprint density at radius 3 is 1.95 bits per heavy atom. The molecule has 21 heavy (non-hydrogen) atoms. The maximum atomic E-state index is 12.6. The van der Waals surface area contributed by atoms with Gasteiger partial charge in [-0.3, -0.25) is 4.79 Å². The monoisotopic (exact) mass is 279 g/mol. The van der Waals surface area contributed by atoms with Crippen LogP contribution in [0.2, 0.25) is 0 Å². The van der Waals surface area contributed by atoms with E-state index in [-0.39, 0.29) is 11.3 Å². The lowest BCUT2D eigenvalue weighted by Crippen LogP contribution is -2.23. The number of benzene rings is 2. The summed E-state index contributed by atoms with van der Waals surface area (Å²) >= 11 is 0. The van der Waals surface area contributed by atoms with Crippen LogP contribution in [0.3, 0.4) is 0 Å². The lowest BCUT2D eigenvalue weighted by molar-refractivity contribution is -0.113. The van der Waals surface area contributed by atoms with E-state index in [0.717, 1.165) is 16.8 Å². The van der Waals surface area contributed by atoms with E-state index in [1.54, 1.807) is 0 Å². The summed E-state index contributed by atoms with van der Waals surface area (Å²) in [5, 5.41) is 2.96. The zero-order valence-electron chi connectivity index (χ0n) is 12.8. The fourth-order valence-electron chi connectivity index (χ4n) is 2.06. The molecule has 2 aromatic carbocycles. The van der Waals surface area contributed by atoms with Crippen LogP contribution in [-0.4, -0.2) is 5.91 Å². The summed E-state index contributed by atoms with van der Waals surface area (Å²) in [4.78, 5) is 12.6. The molecule has 1 N–H and O–H groups in total. The first kappa shape index (κ1) is 15.0. The molecule has 2 aromatic rings. The average molecular weight is 279 g/mol. The molecule has 0 saturated heterocycles. The maximum Gasteiger partial charge on any atom is 0.252 e. The first-order valence-corrected chi connectivity index (χ1v) is 7.10. The average Bonchev–Trinajstić information content (AvgIpc) is 2.45. The highest BCUT2D eigenvalue weighted by Gasteiger charge is 2.23. The summed E-state index contributed by atoms with van der Waals surface area (Å²) in [6, 6.07) is 19.5. The normalized spacial score (nSPS) is 12.0. The summed E-state index contributed by atoms with van der Waals surface area (Å²) < 4.78 is 0. The lowest BCUT2D eigenvalue weighted by atomic mass is 9.84. The van der Waals surface area contributed by atoms with Gasteiger partial charge in [0.05, 0.1) is 0 Å². The minimum atomic E-state index is -0.227. The molecule has 0 atom stereocenters. The zero-order valence-corrected chi connectivity index (χ0v) is 12.8. The standard InChI is InChI=1S/C19H21NO/c1-19(2,3)17(14-15-10-6-4-7-11-15)18(21)20-16-12-8-5-9-13-16/h4-14H,1-3H3,(H,20,21)/b17-14-. The first-order valence-electron chi connectivity index (χ1n) is 7.10. The maximum absolute atomic E-state index is 12.6. The molecule has 0 aliphatic heterocycles. The molecule has 1 amide bonds. The SMILES string of the molecule is CC(C)(C)/C(=C\c1ccccc1)C(=O)Nc1ccccc1.